The van der Waals surface area contributed by atoms with Crippen LogP contribution in [-0.2, 0) is 19.0 Å². The highest BCUT2D eigenvalue weighted by Gasteiger charge is 2.44. The van der Waals surface area contributed by atoms with E-state index in [2.05, 4.69) is 0 Å². The Morgan fingerprint density at radius 3 is 2.53 bits per heavy atom. The van der Waals surface area contributed by atoms with Crippen molar-refractivity contribution in [2.75, 3.05) is 13.2 Å². The molecule has 2 aliphatic rings. The highest BCUT2D eigenvalue weighted by atomic mass is 16.7. The maximum absolute atomic E-state index is 10.8. The molecule has 4 N–H and O–H groups in total. The quantitative estimate of drug-likeness (QED) is 0.408. The third-order valence-electron chi connectivity index (χ3n) is 2.99. The van der Waals surface area contributed by atoms with Gasteiger partial charge in [-0.05, 0) is 6.08 Å². The third kappa shape index (κ3) is 3.11. The molecule has 19 heavy (non-hydrogen) atoms. The van der Waals surface area contributed by atoms with Gasteiger partial charge in [-0.15, -0.1) is 0 Å². The number of rotatable bonds is 4. The minimum Gasteiger partial charge on any atom is -0.452 e. The standard InChI is InChI=1S/C11H16O8/c12-3-6-8(14)9(15)10(16)11(19-6)17-4-5-1-2-7(13)18-5/h1-2,5-6,8-12,14-16H,3-4H2/t5-,6-,8-,9+,10-,11-/m0/s1. The van der Waals surface area contributed by atoms with Crippen LogP contribution < -0.4 is 0 Å². The SMILES string of the molecule is O=C1C=C[C@@H](CO[C@H]2O[C@@H](CO)[C@H](O)[C@@H](O)[C@@H]2O)O1. The summed E-state index contributed by atoms with van der Waals surface area (Å²) in [4.78, 5) is 10.8. The molecule has 0 aliphatic carbocycles. The van der Waals surface area contributed by atoms with Crippen molar-refractivity contribution >= 4 is 5.97 Å². The molecule has 6 atom stereocenters. The van der Waals surface area contributed by atoms with Gasteiger partial charge >= 0.3 is 5.97 Å². The Kier molecular flexibility index (Phi) is 4.50. The van der Waals surface area contributed by atoms with Crippen LogP contribution in [0.3, 0.4) is 0 Å². The Balaban J connectivity index is 1.88. The first-order chi connectivity index (χ1) is 9.02. The van der Waals surface area contributed by atoms with Crippen LogP contribution in [0.2, 0.25) is 0 Å². The van der Waals surface area contributed by atoms with Gasteiger partial charge in [-0.1, -0.05) is 0 Å². The Bertz CT molecular complexity index is 355. The Morgan fingerprint density at radius 2 is 1.95 bits per heavy atom. The van der Waals surface area contributed by atoms with Crippen LogP contribution in [0.1, 0.15) is 0 Å². The van der Waals surface area contributed by atoms with Crippen LogP contribution in [0.4, 0.5) is 0 Å². The summed E-state index contributed by atoms with van der Waals surface area (Å²) in [6.07, 6.45) is -4.46. The fourth-order valence-electron chi connectivity index (χ4n) is 1.90. The first kappa shape index (κ1) is 14.4. The van der Waals surface area contributed by atoms with Crippen molar-refractivity contribution in [2.24, 2.45) is 0 Å². The maximum atomic E-state index is 10.8. The van der Waals surface area contributed by atoms with E-state index in [0.29, 0.717) is 0 Å². The Hall–Kier alpha value is -1.03. The van der Waals surface area contributed by atoms with E-state index >= 15 is 0 Å². The lowest BCUT2D eigenvalue weighted by atomic mass is 9.99. The number of carbonyl (C=O) groups is 1. The predicted molar refractivity (Wildman–Crippen MR) is 58.7 cm³/mol. The second-order valence-corrected chi connectivity index (χ2v) is 4.37. The molecule has 0 amide bonds. The molecule has 0 aromatic rings. The van der Waals surface area contributed by atoms with Crippen molar-refractivity contribution in [2.45, 2.75) is 36.8 Å². The minimum absolute atomic E-state index is 0.0646. The van der Waals surface area contributed by atoms with Crippen molar-refractivity contribution in [3.8, 4) is 0 Å². The van der Waals surface area contributed by atoms with Gasteiger partial charge in [-0.3, -0.25) is 0 Å². The van der Waals surface area contributed by atoms with E-state index < -0.39 is 49.4 Å². The Morgan fingerprint density at radius 1 is 1.21 bits per heavy atom. The zero-order valence-corrected chi connectivity index (χ0v) is 9.95. The van der Waals surface area contributed by atoms with E-state index in [9.17, 15) is 20.1 Å². The van der Waals surface area contributed by atoms with E-state index in [-0.39, 0.29) is 6.61 Å². The van der Waals surface area contributed by atoms with Gasteiger partial charge in [0.25, 0.3) is 0 Å². The maximum Gasteiger partial charge on any atom is 0.331 e. The molecule has 0 saturated carbocycles. The number of hydrogen-bond donors (Lipinski definition) is 4. The van der Waals surface area contributed by atoms with Crippen LogP contribution in [0.5, 0.6) is 0 Å². The summed E-state index contributed by atoms with van der Waals surface area (Å²) < 4.78 is 15.1. The minimum atomic E-state index is -1.49. The van der Waals surface area contributed by atoms with Crippen LogP contribution in [0.15, 0.2) is 12.2 Å². The zero-order chi connectivity index (χ0) is 14.0. The molecule has 2 aliphatic heterocycles. The fraction of sp³-hybridized carbons (Fsp3) is 0.727. The summed E-state index contributed by atoms with van der Waals surface area (Å²) in [7, 11) is 0. The largest absolute Gasteiger partial charge is 0.452 e. The lowest BCUT2D eigenvalue weighted by Gasteiger charge is -2.39. The molecule has 8 heteroatoms. The van der Waals surface area contributed by atoms with Crippen molar-refractivity contribution in [3.63, 3.8) is 0 Å². The molecular formula is C11H16O8. The van der Waals surface area contributed by atoms with Crippen molar-refractivity contribution in [3.05, 3.63) is 12.2 Å². The van der Waals surface area contributed by atoms with Gasteiger partial charge in [0.2, 0.25) is 0 Å². The second kappa shape index (κ2) is 5.95. The highest BCUT2D eigenvalue weighted by molar-refractivity contribution is 5.84. The molecule has 0 bridgehead atoms. The Labute approximate surface area is 108 Å². The lowest BCUT2D eigenvalue weighted by Crippen LogP contribution is -2.59. The number of aliphatic hydroxyl groups excluding tert-OH is 4. The number of aliphatic hydroxyl groups is 4. The van der Waals surface area contributed by atoms with Gasteiger partial charge in [-0.2, -0.15) is 0 Å². The van der Waals surface area contributed by atoms with Crippen LogP contribution in [0, 0.1) is 0 Å². The second-order valence-electron chi connectivity index (χ2n) is 4.37. The van der Waals surface area contributed by atoms with Crippen molar-refractivity contribution in [1.82, 2.24) is 0 Å². The molecule has 2 rings (SSSR count). The number of ether oxygens (including phenoxy) is 3. The molecule has 0 spiro atoms. The van der Waals surface area contributed by atoms with E-state index in [1.54, 1.807) is 0 Å². The molecule has 0 aromatic carbocycles. The van der Waals surface area contributed by atoms with E-state index in [1.165, 1.54) is 12.2 Å². The van der Waals surface area contributed by atoms with Gasteiger partial charge in [0.05, 0.1) is 13.2 Å². The zero-order valence-electron chi connectivity index (χ0n) is 9.95. The average molecular weight is 276 g/mol. The van der Waals surface area contributed by atoms with Gasteiger partial charge in [-0.25, -0.2) is 4.79 Å². The molecule has 108 valence electrons. The van der Waals surface area contributed by atoms with Crippen molar-refractivity contribution in [1.29, 1.82) is 0 Å². The van der Waals surface area contributed by atoms with Crippen molar-refractivity contribution < 1.29 is 39.4 Å². The molecular weight excluding hydrogens is 260 g/mol. The number of esters is 1. The van der Waals surface area contributed by atoms with Gasteiger partial charge in [0, 0.05) is 6.08 Å². The van der Waals surface area contributed by atoms with Gasteiger partial charge in [0.15, 0.2) is 6.29 Å². The molecule has 8 nitrogen and oxygen atoms in total. The van der Waals surface area contributed by atoms with Crippen LogP contribution in [0.25, 0.3) is 0 Å². The summed E-state index contributed by atoms with van der Waals surface area (Å²) in [5.41, 5.74) is 0. The third-order valence-corrected chi connectivity index (χ3v) is 2.99. The lowest BCUT2D eigenvalue weighted by molar-refractivity contribution is -0.303. The normalized spacial score (nSPS) is 42.4. The average Bonchev–Trinajstić information content (AvgIpc) is 2.81. The fourth-order valence-corrected chi connectivity index (χ4v) is 1.90. The molecule has 1 fully saturated rings. The first-order valence-corrected chi connectivity index (χ1v) is 5.84. The molecule has 0 aromatic heterocycles. The molecule has 0 radical (unpaired) electrons. The molecule has 0 unspecified atom stereocenters. The summed E-state index contributed by atoms with van der Waals surface area (Å²) in [5, 5.41) is 37.8. The topological polar surface area (TPSA) is 126 Å². The predicted octanol–water partition coefficient (Wildman–Crippen LogP) is -2.72. The smallest absolute Gasteiger partial charge is 0.331 e. The van der Waals surface area contributed by atoms with Crippen LogP contribution in [-0.4, -0.2) is 76.4 Å². The first-order valence-electron chi connectivity index (χ1n) is 5.84. The molecule has 2 heterocycles. The van der Waals surface area contributed by atoms with E-state index in [0.717, 1.165) is 0 Å². The molecule has 1 saturated heterocycles. The van der Waals surface area contributed by atoms with E-state index in [1.807, 2.05) is 0 Å². The number of hydrogen-bond acceptors (Lipinski definition) is 8. The summed E-state index contributed by atoms with van der Waals surface area (Å²) in [6.45, 7) is -0.589. The van der Waals surface area contributed by atoms with Gasteiger partial charge in [0.1, 0.15) is 30.5 Å². The monoisotopic (exact) mass is 276 g/mol. The number of carbonyl (C=O) groups excluding carboxylic acids is 1. The summed E-state index contributed by atoms with van der Waals surface area (Å²) in [6, 6.07) is 0. The number of cyclic esters (lactones) is 1. The highest BCUT2D eigenvalue weighted by Crippen LogP contribution is 2.22. The van der Waals surface area contributed by atoms with Gasteiger partial charge < -0.3 is 34.6 Å². The summed E-state index contributed by atoms with van der Waals surface area (Å²) in [5.74, 6) is -0.484. The summed E-state index contributed by atoms with van der Waals surface area (Å²) >= 11 is 0. The van der Waals surface area contributed by atoms with Crippen LogP contribution >= 0.6 is 0 Å². The van der Waals surface area contributed by atoms with E-state index in [4.69, 9.17) is 19.3 Å².